The van der Waals surface area contributed by atoms with E-state index in [4.69, 9.17) is 21.8 Å². The van der Waals surface area contributed by atoms with Gasteiger partial charge in [-0.15, -0.1) is 0 Å². The summed E-state index contributed by atoms with van der Waals surface area (Å²) in [5, 5.41) is -0.0560. The Morgan fingerprint density at radius 1 is 1.16 bits per heavy atom. The van der Waals surface area contributed by atoms with Crippen LogP contribution in [0.5, 0.6) is 0 Å². The zero-order valence-electron chi connectivity index (χ0n) is 9.45. The monoisotopic (exact) mass is 280 g/mol. The summed E-state index contributed by atoms with van der Waals surface area (Å²) in [6.07, 6.45) is 0. The predicted octanol–water partition coefficient (Wildman–Crippen LogP) is 4.01. The largest absolute Gasteiger partial charge is 0.436 e. The van der Waals surface area contributed by atoms with Gasteiger partial charge < -0.3 is 10.2 Å². The smallest absolute Gasteiger partial charge is 0.229 e. The van der Waals surface area contributed by atoms with Crippen molar-refractivity contribution in [1.29, 1.82) is 0 Å². The van der Waals surface area contributed by atoms with E-state index in [1.165, 1.54) is 24.3 Å². The van der Waals surface area contributed by atoms with Crippen molar-refractivity contribution in [1.82, 2.24) is 4.98 Å². The molecule has 0 saturated heterocycles. The van der Waals surface area contributed by atoms with Crippen molar-refractivity contribution in [3.8, 4) is 11.5 Å². The van der Waals surface area contributed by atoms with Gasteiger partial charge in [-0.25, -0.2) is 13.8 Å². The first-order chi connectivity index (χ1) is 9.04. The van der Waals surface area contributed by atoms with Crippen LogP contribution in [0.3, 0.4) is 0 Å². The van der Waals surface area contributed by atoms with E-state index in [1.807, 2.05) is 0 Å². The lowest BCUT2D eigenvalue weighted by Crippen LogP contribution is -1.90. The Kier molecular flexibility index (Phi) is 2.64. The van der Waals surface area contributed by atoms with E-state index in [1.54, 1.807) is 0 Å². The Labute approximate surface area is 111 Å². The van der Waals surface area contributed by atoms with E-state index in [0.717, 1.165) is 6.07 Å². The molecule has 0 unspecified atom stereocenters. The molecule has 96 valence electrons. The molecule has 0 bridgehead atoms. The fourth-order valence-corrected chi connectivity index (χ4v) is 1.91. The zero-order chi connectivity index (χ0) is 13.6. The van der Waals surface area contributed by atoms with Crippen LogP contribution in [0.25, 0.3) is 22.6 Å². The molecular weight excluding hydrogens is 274 g/mol. The van der Waals surface area contributed by atoms with Gasteiger partial charge in [-0.2, -0.15) is 0 Å². The van der Waals surface area contributed by atoms with Gasteiger partial charge in [0, 0.05) is 11.8 Å². The van der Waals surface area contributed by atoms with E-state index >= 15 is 0 Å². The van der Waals surface area contributed by atoms with Gasteiger partial charge >= 0.3 is 0 Å². The van der Waals surface area contributed by atoms with E-state index < -0.39 is 11.6 Å². The second-order valence-corrected chi connectivity index (χ2v) is 4.39. The zero-order valence-corrected chi connectivity index (χ0v) is 10.2. The molecule has 0 aliphatic carbocycles. The van der Waals surface area contributed by atoms with Crippen LogP contribution >= 0.6 is 11.6 Å². The topological polar surface area (TPSA) is 52.0 Å². The number of hydrogen-bond donors (Lipinski definition) is 1. The number of oxazole rings is 1. The third-order valence-corrected chi connectivity index (χ3v) is 2.97. The highest BCUT2D eigenvalue weighted by Gasteiger charge is 2.14. The first kappa shape index (κ1) is 11.9. The number of anilines is 1. The summed E-state index contributed by atoms with van der Waals surface area (Å²) in [6.45, 7) is 0. The average molecular weight is 281 g/mol. The van der Waals surface area contributed by atoms with Crippen molar-refractivity contribution >= 4 is 28.4 Å². The van der Waals surface area contributed by atoms with Crippen LogP contribution < -0.4 is 5.73 Å². The molecule has 0 amide bonds. The standard InChI is InChI=1S/C13H7ClF2N2O/c14-8-4-11-12(5-9(8)16)19-13(18-11)7-3-6(15)1-2-10(7)17/h1-5H,17H2. The van der Waals surface area contributed by atoms with Crippen LogP contribution in [0.15, 0.2) is 34.7 Å². The van der Waals surface area contributed by atoms with Crippen molar-refractivity contribution in [2.75, 3.05) is 5.73 Å². The van der Waals surface area contributed by atoms with Gasteiger partial charge in [-0.1, -0.05) is 11.6 Å². The molecular formula is C13H7ClF2N2O. The fraction of sp³-hybridized carbons (Fsp3) is 0. The number of aromatic nitrogens is 1. The van der Waals surface area contributed by atoms with E-state index in [9.17, 15) is 8.78 Å². The lowest BCUT2D eigenvalue weighted by Gasteiger charge is -2.00. The minimum Gasteiger partial charge on any atom is -0.436 e. The van der Waals surface area contributed by atoms with Gasteiger partial charge in [0.05, 0.1) is 10.6 Å². The molecule has 3 rings (SSSR count). The van der Waals surface area contributed by atoms with Gasteiger partial charge in [0.15, 0.2) is 5.58 Å². The molecule has 6 heteroatoms. The van der Waals surface area contributed by atoms with Crippen molar-refractivity contribution in [2.24, 2.45) is 0 Å². The summed E-state index contributed by atoms with van der Waals surface area (Å²) in [6, 6.07) is 6.32. The molecule has 0 aliphatic rings. The maximum absolute atomic E-state index is 13.3. The van der Waals surface area contributed by atoms with Crippen LogP contribution in [-0.4, -0.2) is 4.98 Å². The van der Waals surface area contributed by atoms with Gasteiger partial charge in [-0.05, 0) is 24.3 Å². The Balaban J connectivity index is 2.23. The van der Waals surface area contributed by atoms with Crippen LogP contribution in [0, 0.1) is 11.6 Å². The summed E-state index contributed by atoms with van der Waals surface area (Å²) >= 11 is 5.66. The molecule has 1 aromatic heterocycles. The Morgan fingerprint density at radius 3 is 2.74 bits per heavy atom. The van der Waals surface area contributed by atoms with Crippen LogP contribution in [0.1, 0.15) is 0 Å². The van der Waals surface area contributed by atoms with E-state index in [-0.39, 0.29) is 16.5 Å². The molecule has 2 aromatic carbocycles. The maximum Gasteiger partial charge on any atom is 0.229 e. The number of nitrogen functional groups attached to an aromatic ring is 1. The molecule has 3 aromatic rings. The number of fused-ring (bicyclic) bond motifs is 1. The predicted molar refractivity (Wildman–Crippen MR) is 68.8 cm³/mol. The van der Waals surface area contributed by atoms with E-state index in [0.29, 0.717) is 16.8 Å². The molecule has 0 fully saturated rings. The van der Waals surface area contributed by atoms with Crippen LogP contribution in [0.4, 0.5) is 14.5 Å². The normalized spacial score (nSPS) is 11.1. The molecule has 1 heterocycles. The van der Waals surface area contributed by atoms with Crippen LogP contribution in [0.2, 0.25) is 5.02 Å². The lowest BCUT2D eigenvalue weighted by atomic mass is 10.2. The van der Waals surface area contributed by atoms with Gasteiger partial charge in [0.2, 0.25) is 5.89 Å². The van der Waals surface area contributed by atoms with Crippen molar-refractivity contribution in [2.45, 2.75) is 0 Å². The second-order valence-electron chi connectivity index (χ2n) is 3.98. The van der Waals surface area contributed by atoms with Gasteiger partial charge in [-0.3, -0.25) is 0 Å². The minimum absolute atomic E-state index is 0.0560. The number of rotatable bonds is 1. The van der Waals surface area contributed by atoms with Crippen molar-refractivity contribution in [3.05, 3.63) is 47.0 Å². The Bertz CT molecular complexity index is 747. The Morgan fingerprint density at radius 2 is 1.95 bits per heavy atom. The number of nitrogens with two attached hydrogens (primary N) is 1. The quantitative estimate of drug-likeness (QED) is 0.685. The molecule has 0 aliphatic heterocycles. The summed E-state index contributed by atoms with van der Waals surface area (Å²) in [4.78, 5) is 4.12. The average Bonchev–Trinajstić information content (AvgIpc) is 2.75. The number of benzene rings is 2. The summed E-state index contributed by atoms with van der Waals surface area (Å²) in [5.41, 5.74) is 6.97. The highest BCUT2D eigenvalue weighted by molar-refractivity contribution is 6.31. The number of hydrogen-bond acceptors (Lipinski definition) is 3. The van der Waals surface area contributed by atoms with Crippen molar-refractivity contribution < 1.29 is 13.2 Å². The minimum atomic E-state index is -0.607. The van der Waals surface area contributed by atoms with Crippen LogP contribution in [-0.2, 0) is 0 Å². The van der Waals surface area contributed by atoms with E-state index in [2.05, 4.69) is 4.98 Å². The Hall–Kier alpha value is -2.14. The molecule has 0 radical (unpaired) electrons. The third-order valence-electron chi connectivity index (χ3n) is 2.68. The first-order valence-corrected chi connectivity index (χ1v) is 5.73. The summed E-state index contributed by atoms with van der Waals surface area (Å²) in [5.74, 6) is -0.951. The fourth-order valence-electron chi connectivity index (χ4n) is 1.75. The molecule has 3 nitrogen and oxygen atoms in total. The van der Waals surface area contributed by atoms with Crippen molar-refractivity contribution in [3.63, 3.8) is 0 Å². The summed E-state index contributed by atoms with van der Waals surface area (Å²) < 4.78 is 31.9. The third kappa shape index (κ3) is 2.02. The summed E-state index contributed by atoms with van der Waals surface area (Å²) in [7, 11) is 0. The maximum atomic E-state index is 13.3. The van der Waals surface area contributed by atoms with Gasteiger partial charge in [0.1, 0.15) is 17.2 Å². The molecule has 19 heavy (non-hydrogen) atoms. The number of halogens is 3. The first-order valence-electron chi connectivity index (χ1n) is 5.35. The molecule has 0 saturated carbocycles. The molecule has 0 spiro atoms. The highest BCUT2D eigenvalue weighted by Crippen LogP contribution is 2.31. The molecule has 2 N–H and O–H groups in total. The van der Waals surface area contributed by atoms with Gasteiger partial charge in [0.25, 0.3) is 0 Å². The second kappa shape index (κ2) is 4.20. The SMILES string of the molecule is Nc1ccc(F)cc1-c1nc2cc(Cl)c(F)cc2o1. The lowest BCUT2D eigenvalue weighted by molar-refractivity contribution is 0.599. The highest BCUT2D eigenvalue weighted by atomic mass is 35.5. The number of nitrogens with zero attached hydrogens (tertiary/aromatic N) is 1. The molecule has 0 atom stereocenters.